The summed E-state index contributed by atoms with van der Waals surface area (Å²) in [5, 5.41) is 0. The Bertz CT molecular complexity index is 1110. The molecule has 0 amide bonds. The van der Waals surface area contributed by atoms with Crippen LogP contribution in [0.2, 0.25) is 0 Å². The monoisotopic (exact) mass is 427 g/mol. The van der Waals surface area contributed by atoms with Crippen molar-refractivity contribution in [3.05, 3.63) is 77.9 Å². The first kappa shape index (κ1) is 19.7. The molecule has 3 aromatic rings. The Morgan fingerprint density at radius 1 is 0.931 bits per heavy atom. The highest BCUT2D eigenvalue weighted by molar-refractivity contribution is 7.98. The lowest BCUT2D eigenvalue weighted by molar-refractivity contribution is 0.171. The topological polar surface area (TPSA) is 64.6 Å². The van der Waals surface area contributed by atoms with E-state index >= 15 is 0 Å². The number of benzene rings is 3. The summed E-state index contributed by atoms with van der Waals surface area (Å²) in [6.45, 7) is 2.77. The highest BCUT2D eigenvalue weighted by Gasteiger charge is 2.20. The van der Waals surface area contributed by atoms with E-state index in [1.807, 2.05) is 43.3 Å². The molecule has 4 rings (SSSR count). The molecule has 1 heterocycles. The maximum absolute atomic E-state index is 12.8. The van der Waals surface area contributed by atoms with Crippen molar-refractivity contribution >= 4 is 27.5 Å². The largest absolute Gasteiger partial charge is 0.486 e. The average Bonchev–Trinajstić information content (AvgIpc) is 2.74. The van der Waals surface area contributed by atoms with Crippen LogP contribution in [-0.4, -0.2) is 21.6 Å². The second-order valence-electron chi connectivity index (χ2n) is 6.66. The molecule has 29 heavy (non-hydrogen) atoms. The van der Waals surface area contributed by atoms with Gasteiger partial charge in [-0.3, -0.25) is 4.72 Å². The smallest absolute Gasteiger partial charge is 0.262 e. The minimum atomic E-state index is -3.73. The van der Waals surface area contributed by atoms with E-state index in [0.717, 1.165) is 16.9 Å². The first-order valence-electron chi connectivity index (χ1n) is 9.21. The fourth-order valence-electron chi connectivity index (χ4n) is 3.01. The Hall–Kier alpha value is -2.64. The van der Waals surface area contributed by atoms with Crippen LogP contribution in [0.15, 0.2) is 76.5 Å². The normalized spacial score (nSPS) is 13.1. The predicted molar refractivity (Wildman–Crippen MR) is 115 cm³/mol. The van der Waals surface area contributed by atoms with Gasteiger partial charge in [0.1, 0.15) is 13.2 Å². The highest BCUT2D eigenvalue weighted by Crippen LogP contribution is 2.33. The number of ether oxygens (including phenoxy) is 2. The molecule has 7 heteroatoms. The number of sulfonamides is 1. The zero-order valence-corrected chi connectivity index (χ0v) is 17.6. The molecule has 3 aromatic carbocycles. The van der Waals surface area contributed by atoms with Crippen LogP contribution < -0.4 is 14.2 Å². The third kappa shape index (κ3) is 4.68. The molecular formula is C22H21NO4S2. The number of hydrogen-bond donors (Lipinski definition) is 1. The number of aryl methyl sites for hydroxylation is 1. The Kier molecular flexibility index (Phi) is 5.69. The van der Waals surface area contributed by atoms with Gasteiger partial charge in [-0.05, 0) is 48.4 Å². The van der Waals surface area contributed by atoms with Crippen LogP contribution in [0.1, 0.15) is 11.1 Å². The van der Waals surface area contributed by atoms with Crippen molar-refractivity contribution in [2.24, 2.45) is 0 Å². The molecule has 1 aliphatic rings. The molecule has 1 N–H and O–H groups in total. The van der Waals surface area contributed by atoms with Gasteiger partial charge in [-0.25, -0.2) is 8.42 Å². The van der Waals surface area contributed by atoms with Gasteiger partial charge >= 0.3 is 0 Å². The first-order chi connectivity index (χ1) is 14.0. The van der Waals surface area contributed by atoms with Gasteiger partial charge < -0.3 is 9.47 Å². The molecule has 5 nitrogen and oxygen atoms in total. The van der Waals surface area contributed by atoms with E-state index in [1.165, 1.54) is 17.0 Å². The summed E-state index contributed by atoms with van der Waals surface area (Å²) in [5.74, 6) is 1.83. The molecule has 0 aromatic heterocycles. The molecule has 0 saturated heterocycles. The zero-order valence-electron chi connectivity index (χ0n) is 15.9. The first-order valence-corrected chi connectivity index (χ1v) is 11.7. The molecule has 0 radical (unpaired) electrons. The van der Waals surface area contributed by atoms with Crippen LogP contribution >= 0.6 is 11.8 Å². The van der Waals surface area contributed by atoms with Gasteiger partial charge in [0.25, 0.3) is 10.0 Å². The summed E-state index contributed by atoms with van der Waals surface area (Å²) >= 11 is 1.75. The lowest BCUT2D eigenvalue weighted by atomic mass is 10.1. The maximum Gasteiger partial charge on any atom is 0.262 e. The number of anilines is 1. The second kappa shape index (κ2) is 8.39. The van der Waals surface area contributed by atoms with Crippen molar-refractivity contribution in [2.75, 3.05) is 17.9 Å². The molecule has 0 fully saturated rings. The van der Waals surface area contributed by atoms with Crippen molar-refractivity contribution in [3.8, 4) is 11.5 Å². The molecule has 0 spiro atoms. The van der Waals surface area contributed by atoms with Crippen LogP contribution in [0.3, 0.4) is 0 Å². The molecule has 1 aliphatic heterocycles. The fourth-order valence-corrected chi connectivity index (χ4v) is 5.02. The van der Waals surface area contributed by atoms with Crippen LogP contribution in [-0.2, 0) is 15.8 Å². The molecular weight excluding hydrogens is 406 g/mol. The number of nitrogens with one attached hydrogen (secondary N) is 1. The third-order valence-electron chi connectivity index (χ3n) is 4.51. The van der Waals surface area contributed by atoms with Crippen molar-refractivity contribution in [2.45, 2.75) is 22.5 Å². The molecule has 0 atom stereocenters. The quantitative estimate of drug-likeness (QED) is 0.569. The standard InChI is InChI=1S/C22H21NO4S2/c1-16-13-17(15-28-18-5-3-2-4-6-18)7-9-20(16)23-29(24,25)19-8-10-21-22(14-19)27-12-11-26-21/h2-10,13-14,23H,11-12,15H2,1H3. The van der Waals surface area contributed by atoms with Gasteiger partial charge in [-0.2, -0.15) is 0 Å². The van der Waals surface area contributed by atoms with Crippen molar-refractivity contribution in [1.82, 2.24) is 0 Å². The van der Waals surface area contributed by atoms with Crippen molar-refractivity contribution < 1.29 is 17.9 Å². The van der Waals surface area contributed by atoms with Crippen molar-refractivity contribution in [3.63, 3.8) is 0 Å². The van der Waals surface area contributed by atoms with E-state index in [0.29, 0.717) is 30.4 Å². The number of fused-ring (bicyclic) bond motifs is 1. The van der Waals surface area contributed by atoms with Crippen molar-refractivity contribution in [1.29, 1.82) is 0 Å². The van der Waals surface area contributed by atoms with E-state index in [-0.39, 0.29) is 4.90 Å². The fraction of sp³-hybridized carbons (Fsp3) is 0.182. The second-order valence-corrected chi connectivity index (χ2v) is 9.39. The third-order valence-corrected chi connectivity index (χ3v) is 6.95. The Morgan fingerprint density at radius 2 is 1.69 bits per heavy atom. The average molecular weight is 428 g/mol. The Morgan fingerprint density at radius 3 is 2.45 bits per heavy atom. The van der Waals surface area contributed by atoms with Gasteiger partial charge in [0.2, 0.25) is 0 Å². The summed E-state index contributed by atoms with van der Waals surface area (Å²) in [6, 6.07) is 20.6. The van der Waals surface area contributed by atoms with Gasteiger partial charge in [-0.1, -0.05) is 30.3 Å². The molecule has 0 bridgehead atoms. The predicted octanol–water partition coefficient (Wildman–Crippen LogP) is 4.86. The summed E-state index contributed by atoms with van der Waals surface area (Å²) < 4.78 is 39.3. The highest BCUT2D eigenvalue weighted by atomic mass is 32.2. The van der Waals surface area contributed by atoms with E-state index < -0.39 is 10.0 Å². The van der Waals surface area contributed by atoms with Crippen LogP contribution in [0, 0.1) is 6.92 Å². The Labute approximate surface area is 175 Å². The van der Waals surface area contributed by atoms with E-state index in [2.05, 4.69) is 16.9 Å². The SMILES string of the molecule is Cc1cc(CSc2ccccc2)ccc1NS(=O)(=O)c1ccc2c(c1)OCCO2. The summed E-state index contributed by atoms with van der Waals surface area (Å²) in [6.07, 6.45) is 0. The van der Waals surface area contributed by atoms with E-state index in [1.54, 1.807) is 17.8 Å². The summed E-state index contributed by atoms with van der Waals surface area (Å²) in [7, 11) is -3.73. The molecule has 150 valence electrons. The van der Waals surface area contributed by atoms with Crippen LogP contribution in [0.4, 0.5) is 5.69 Å². The maximum atomic E-state index is 12.8. The lowest BCUT2D eigenvalue weighted by Gasteiger charge is -2.19. The Balaban J connectivity index is 1.48. The number of thioether (sulfide) groups is 1. The lowest BCUT2D eigenvalue weighted by Crippen LogP contribution is -2.17. The van der Waals surface area contributed by atoms with E-state index in [9.17, 15) is 8.42 Å². The van der Waals surface area contributed by atoms with Crippen LogP contribution in [0.25, 0.3) is 0 Å². The van der Waals surface area contributed by atoms with Crippen LogP contribution in [0.5, 0.6) is 11.5 Å². The van der Waals surface area contributed by atoms with E-state index in [4.69, 9.17) is 9.47 Å². The van der Waals surface area contributed by atoms with Gasteiger partial charge in [0.05, 0.1) is 10.6 Å². The van der Waals surface area contributed by atoms with Gasteiger partial charge in [0.15, 0.2) is 11.5 Å². The molecule has 0 aliphatic carbocycles. The molecule has 0 unspecified atom stereocenters. The molecule has 0 saturated carbocycles. The minimum Gasteiger partial charge on any atom is -0.486 e. The zero-order chi connectivity index (χ0) is 20.3. The summed E-state index contributed by atoms with van der Waals surface area (Å²) in [4.78, 5) is 1.35. The van der Waals surface area contributed by atoms with Gasteiger partial charge in [0, 0.05) is 16.7 Å². The summed E-state index contributed by atoms with van der Waals surface area (Å²) in [5.41, 5.74) is 2.57. The van der Waals surface area contributed by atoms with Gasteiger partial charge in [-0.15, -0.1) is 11.8 Å². The number of rotatable bonds is 6. The number of hydrogen-bond acceptors (Lipinski definition) is 5. The minimum absolute atomic E-state index is 0.143.